The molecule has 1 amide bonds. The lowest BCUT2D eigenvalue weighted by Gasteiger charge is -2.24. The van der Waals surface area contributed by atoms with E-state index in [0.717, 1.165) is 24.8 Å². The Balaban J connectivity index is 2.26. The number of carbonyl (C=O) groups excluding carboxylic acids is 3. The van der Waals surface area contributed by atoms with Crippen LogP contribution in [0.5, 0.6) is 0 Å². The maximum Gasteiger partial charge on any atom is 0.408 e. The first-order valence-corrected chi connectivity index (χ1v) is 16.8. The summed E-state index contributed by atoms with van der Waals surface area (Å²) in [6.07, 6.45) is 16.2. The normalized spacial score (nSPS) is 12.4. The summed E-state index contributed by atoms with van der Waals surface area (Å²) in [5.74, 6) is -2.82. The van der Waals surface area contributed by atoms with Crippen molar-refractivity contribution in [1.82, 2.24) is 5.32 Å². The van der Waals surface area contributed by atoms with Crippen molar-refractivity contribution in [3.63, 3.8) is 0 Å². The van der Waals surface area contributed by atoms with Crippen LogP contribution in [0, 0.1) is 5.92 Å². The molecule has 0 heterocycles. The van der Waals surface area contributed by atoms with E-state index in [9.17, 15) is 24.3 Å². The molecule has 1 unspecified atom stereocenters. The van der Waals surface area contributed by atoms with E-state index in [2.05, 4.69) is 12.2 Å². The van der Waals surface area contributed by atoms with Gasteiger partial charge in [0.2, 0.25) is 0 Å². The Labute approximate surface area is 264 Å². The Bertz CT molecular complexity index is 921. The first-order chi connectivity index (χ1) is 21.2. The molecule has 0 aliphatic heterocycles. The van der Waals surface area contributed by atoms with Crippen molar-refractivity contribution < 1.29 is 38.5 Å². The Morgan fingerprint density at radius 1 is 0.750 bits per heavy atom. The average molecular weight is 620 g/mol. The minimum absolute atomic E-state index is 0.0312. The Hall–Kier alpha value is -3.10. The molecule has 0 spiro atoms. The van der Waals surface area contributed by atoms with Gasteiger partial charge in [-0.2, -0.15) is 0 Å². The van der Waals surface area contributed by atoms with Crippen LogP contribution in [0.4, 0.5) is 4.79 Å². The molecule has 0 radical (unpaired) electrons. The largest absolute Gasteiger partial charge is 0.481 e. The molecule has 0 fully saturated rings. The number of hydrogen-bond acceptors (Lipinski definition) is 7. The topological polar surface area (TPSA) is 128 Å². The number of carbonyl (C=O) groups is 4. The van der Waals surface area contributed by atoms with E-state index in [1.807, 2.05) is 18.2 Å². The molecule has 0 aliphatic carbocycles. The summed E-state index contributed by atoms with van der Waals surface area (Å²) < 4.78 is 15.8. The molecule has 1 aromatic rings. The van der Waals surface area contributed by atoms with Gasteiger partial charge in [0.15, 0.2) is 0 Å². The van der Waals surface area contributed by atoms with Gasteiger partial charge in [-0.1, -0.05) is 141 Å². The SMILES string of the molecule is CCCCCCCCCCCCCCCCCC(=O)OCC(CC(=O)O)OC(=O)[C@@H](NC(=O)OCc1ccccc1)C(C)C. The Morgan fingerprint density at radius 2 is 1.27 bits per heavy atom. The summed E-state index contributed by atoms with van der Waals surface area (Å²) in [4.78, 5) is 48.7. The molecule has 9 heteroatoms. The van der Waals surface area contributed by atoms with Crippen LogP contribution in [-0.4, -0.2) is 47.9 Å². The number of unbranched alkanes of at least 4 members (excludes halogenated alkanes) is 14. The quantitative estimate of drug-likeness (QED) is 0.0604. The van der Waals surface area contributed by atoms with Crippen molar-refractivity contribution in [2.24, 2.45) is 5.92 Å². The molecule has 2 atom stereocenters. The van der Waals surface area contributed by atoms with E-state index < -0.39 is 42.6 Å². The number of alkyl carbamates (subject to hydrolysis) is 1. The number of carboxylic acid groups (broad SMARTS) is 1. The zero-order chi connectivity index (χ0) is 32.4. The van der Waals surface area contributed by atoms with Gasteiger partial charge in [0.05, 0.1) is 6.42 Å². The van der Waals surface area contributed by atoms with Crippen molar-refractivity contribution in [2.45, 2.75) is 149 Å². The van der Waals surface area contributed by atoms with E-state index >= 15 is 0 Å². The zero-order valence-corrected chi connectivity index (χ0v) is 27.4. The summed E-state index contributed by atoms with van der Waals surface area (Å²) in [7, 11) is 0. The van der Waals surface area contributed by atoms with Crippen molar-refractivity contribution in [3.05, 3.63) is 35.9 Å². The lowest BCUT2D eigenvalue weighted by atomic mass is 10.0. The highest BCUT2D eigenvalue weighted by Crippen LogP contribution is 2.15. The molecule has 2 N–H and O–H groups in total. The fourth-order valence-electron chi connectivity index (χ4n) is 4.86. The van der Waals surface area contributed by atoms with E-state index in [1.165, 1.54) is 70.6 Å². The van der Waals surface area contributed by atoms with Gasteiger partial charge < -0.3 is 24.6 Å². The van der Waals surface area contributed by atoms with Gasteiger partial charge in [-0.3, -0.25) is 9.59 Å². The third-order valence-corrected chi connectivity index (χ3v) is 7.51. The lowest BCUT2D eigenvalue weighted by Crippen LogP contribution is -2.47. The molecular weight excluding hydrogens is 562 g/mol. The summed E-state index contributed by atoms with van der Waals surface area (Å²) in [6.45, 7) is 5.35. The Morgan fingerprint density at radius 3 is 1.77 bits per heavy atom. The van der Waals surface area contributed by atoms with Crippen LogP contribution >= 0.6 is 0 Å². The van der Waals surface area contributed by atoms with Crippen molar-refractivity contribution in [1.29, 1.82) is 0 Å². The molecule has 0 bridgehead atoms. The van der Waals surface area contributed by atoms with E-state index in [4.69, 9.17) is 14.2 Å². The second kappa shape index (κ2) is 25.2. The van der Waals surface area contributed by atoms with Crippen LogP contribution in [0.2, 0.25) is 0 Å². The maximum atomic E-state index is 12.8. The molecular formula is C35H57NO8. The van der Waals surface area contributed by atoms with Crippen molar-refractivity contribution in [3.8, 4) is 0 Å². The minimum Gasteiger partial charge on any atom is -0.481 e. The minimum atomic E-state index is -1.20. The highest BCUT2D eigenvalue weighted by Gasteiger charge is 2.30. The summed E-state index contributed by atoms with van der Waals surface area (Å²) in [5.41, 5.74) is 0.791. The molecule has 1 rings (SSSR count). The number of hydrogen-bond donors (Lipinski definition) is 2. The second-order valence-corrected chi connectivity index (χ2v) is 12.0. The van der Waals surface area contributed by atoms with E-state index in [1.54, 1.807) is 26.0 Å². The van der Waals surface area contributed by atoms with Crippen molar-refractivity contribution >= 4 is 24.0 Å². The van der Waals surface area contributed by atoms with Gasteiger partial charge in [-0.25, -0.2) is 9.59 Å². The molecule has 44 heavy (non-hydrogen) atoms. The fraction of sp³-hybridized carbons (Fsp3) is 0.714. The van der Waals surface area contributed by atoms with Gasteiger partial charge >= 0.3 is 24.0 Å². The predicted octanol–water partition coefficient (Wildman–Crippen LogP) is 8.13. The molecule has 0 aliphatic rings. The van der Waals surface area contributed by atoms with Crippen molar-refractivity contribution in [2.75, 3.05) is 6.61 Å². The van der Waals surface area contributed by atoms with Crippen LogP contribution in [0.25, 0.3) is 0 Å². The van der Waals surface area contributed by atoms with Crippen LogP contribution in [-0.2, 0) is 35.2 Å². The van der Waals surface area contributed by atoms with E-state index in [0.29, 0.717) is 6.42 Å². The smallest absolute Gasteiger partial charge is 0.408 e. The van der Waals surface area contributed by atoms with Crippen LogP contribution in [0.3, 0.4) is 0 Å². The van der Waals surface area contributed by atoms with Gasteiger partial charge in [0.1, 0.15) is 25.4 Å². The third-order valence-electron chi connectivity index (χ3n) is 7.51. The van der Waals surface area contributed by atoms with Gasteiger partial charge in [-0.05, 0) is 17.9 Å². The predicted molar refractivity (Wildman–Crippen MR) is 171 cm³/mol. The number of esters is 2. The van der Waals surface area contributed by atoms with Crippen LogP contribution in [0.1, 0.15) is 135 Å². The number of nitrogens with one attached hydrogen (secondary N) is 1. The third kappa shape index (κ3) is 20.7. The monoisotopic (exact) mass is 619 g/mol. The highest BCUT2D eigenvalue weighted by molar-refractivity contribution is 5.82. The fourth-order valence-corrected chi connectivity index (χ4v) is 4.86. The first-order valence-electron chi connectivity index (χ1n) is 16.8. The van der Waals surface area contributed by atoms with Crippen LogP contribution in [0.15, 0.2) is 30.3 Å². The molecule has 0 aromatic heterocycles. The number of amides is 1. The summed E-state index contributed by atoms with van der Waals surface area (Å²) in [5, 5.41) is 11.8. The second-order valence-electron chi connectivity index (χ2n) is 12.0. The van der Waals surface area contributed by atoms with Gasteiger partial charge in [-0.15, -0.1) is 0 Å². The van der Waals surface area contributed by atoms with Gasteiger partial charge in [0, 0.05) is 6.42 Å². The lowest BCUT2D eigenvalue weighted by molar-refractivity contribution is -0.164. The average Bonchev–Trinajstić information content (AvgIpc) is 2.99. The number of benzene rings is 1. The Kier molecular flexibility index (Phi) is 22.3. The molecule has 9 nitrogen and oxygen atoms in total. The van der Waals surface area contributed by atoms with Gasteiger partial charge in [0.25, 0.3) is 0 Å². The summed E-state index contributed by atoms with van der Waals surface area (Å²) in [6, 6.07) is 8.03. The number of ether oxygens (including phenoxy) is 3. The van der Waals surface area contributed by atoms with E-state index in [-0.39, 0.29) is 25.6 Å². The standard InChI is InChI=1S/C35H57NO8/c1-4-5-6-7-8-9-10-11-12-13-14-15-16-17-21-24-32(39)42-27-30(25-31(37)38)44-34(40)33(28(2)3)36-35(41)43-26-29-22-19-18-20-23-29/h18-20,22-23,28,30,33H,4-17,21,24-27H2,1-3H3,(H,36,41)(H,37,38)/t30?,33-/m0/s1. The number of carboxylic acids is 1. The molecule has 0 saturated heterocycles. The first kappa shape index (κ1) is 38.9. The maximum absolute atomic E-state index is 12.8. The number of aliphatic carboxylic acids is 1. The zero-order valence-electron chi connectivity index (χ0n) is 27.4. The molecule has 1 aromatic carbocycles. The molecule has 0 saturated carbocycles. The molecule has 250 valence electrons. The number of rotatable bonds is 26. The highest BCUT2D eigenvalue weighted by atomic mass is 16.6. The summed E-state index contributed by atoms with van der Waals surface area (Å²) >= 11 is 0. The van der Waals surface area contributed by atoms with Crippen LogP contribution < -0.4 is 5.32 Å².